The number of rotatable bonds is 2. The number of hydrogen-bond acceptors (Lipinski definition) is 1. The normalized spacial score (nSPS) is 11.8. The first kappa shape index (κ1) is 12.1. The van der Waals surface area contributed by atoms with E-state index in [9.17, 15) is 0 Å². The van der Waals surface area contributed by atoms with E-state index in [1.807, 2.05) is 13.3 Å². The van der Waals surface area contributed by atoms with E-state index in [-0.39, 0.29) is 0 Å². The van der Waals surface area contributed by atoms with Crippen molar-refractivity contribution in [1.82, 2.24) is 9.55 Å². The molecule has 0 fully saturated rings. The second-order valence-electron chi connectivity index (χ2n) is 5.69. The van der Waals surface area contributed by atoms with Gasteiger partial charge in [-0.3, -0.25) is 0 Å². The van der Waals surface area contributed by atoms with Crippen molar-refractivity contribution in [3.05, 3.63) is 42.0 Å². The Hall–Kier alpha value is -1.35. The van der Waals surface area contributed by atoms with Crippen molar-refractivity contribution < 1.29 is 0 Å². The Kier molecular flexibility index (Phi) is 2.95. The fraction of sp³-hybridized carbons (Fsp3) is 0.357. The second-order valence-corrected chi connectivity index (χ2v) is 10.7. The standard InChI is InChI=1S/C14H20N2Si/c1-11-6-7-13(14(8-11)17(3,4)5)16-9-12(2)15-10-16/h6-10H,1-5H3. The maximum atomic E-state index is 4.32. The third-order valence-electron chi connectivity index (χ3n) is 2.95. The van der Waals surface area contributed by atoms with Crippen molar-refractivity contribution in [3.63, 3.8) is 0 Å². The molecule has 1 aromatic heterocycles. The molecule has 0 amide bonds. The van der Waals surface area contributed by atoms with Gasteiger partial charge in [0.1, 0.15) is 0 Å². The summed E-state index contributed by atoms with van der Waals surface area (Å²) in [5, 5.41) is 1.50. The van der Waals surface area contributed by atoms with Crippen LogP contribution in [0, 0.1) is 13.8 Å². The van der Waals surface area contributed by atoms with Gasteiger partial charge >= 0.3 is 0 Å². The lowest BCUT2D eigenvalue weighted by Gasteiger charge is -2.22. The molecule has 3 heteroatoms. The summed E-state index contributed by atoms with van der Waals surface area (Å²) >= 11 is 0. The Morgan fingerprint density at radius 1 is 1.12 bits per heavy atom. The van der Waals surface area contributed by atoms with Crippen LogP contribution in [0.3, 0.4) is 0 Å². The predicted octanol–water partition coefficient (Wildman–Crippen LogP) is 3.03. The number of aryl methyl sites for hydroxylation is 2. The number of aromatic nitrogens is 2. The van der Waals surface area contributed by atoms with Gasteiger partial charge in [0, 0.05) is 11.9 Å². The van der Waals surface area contributed by atoms with Crippen LogP contribution in [0.15, 0.2) is 30.7 Å². The van der Waals surface area contributed by atoms with Crippen LogP contribution in [-0.4, -0.2) is 17.6 Å². The van der Waals surface area contributed by atoms with Crippen LogP contribution in [0.4, 0.5) is 0 Å². The second kappa shape index (κ2) is 4.15. The van der Waals surface area contributed by atoms with Crippen LogP contribution in [-0.2, 0) is 0 Å². The van der Waals surface area contributed by atoms with Crippen molar-refractivity contribution in [2.24, 2.45) is 0 Å². The number of imidazole rings is 1. The maximum absolute atomic E-state index is 4.32. The first-order valence-electron chi connectivity index (χ1n) is 6.00. The van der Waals surface area contributed by atoms with Crippen LogP contribution in [0.5, 0.6) is 0 Å². The lowest BCUT2D eigenvalue weighted by molar-refractivity contribution is 1.06. The molecule has 0 saturated carbocycles. The Labute approximate surface area is 104 Å². The SMILES string of the molecule is Cc1ccc(-n2cnc(C)c2)c([Si](C)(C)C)c1. The van der Waals surface area contributed by atoms with E-state index in [4.69, 9.17) is 0 Å². The summed E-state index contributed by atoms with van der Waals surface area (Å²) in [6, 6.07) is 6.72. The van der Waals surface area contributed by atoms with Gasteiger partial charge in [-0.1, -0.05) is 37.3 Å². The molecule has 0 aliphatic rings. The highest BCUT2D eigenvalue weighted by molar-refractivity contribution is 6.89. The van der Waals surface area contributed by atoms with Crippen LogP contribution >= 0.6 is 0 Å². The minimum Gasteiger partial charge on any atom is -0.306 e. The predicted molar refractivity (Wildman–Crippen MR) is 76.0 cm³/mol. The summed E-state index contributed by atoms with van der Waals surface area (Å²) in [7, 11) is -1.33. The Balaban J connectivity index is 2.61. The van der Waals surface area contributed by atoms with Crippen molar-refractivity contribution in [2.75, 3.05) is 0 Å². The van der Waals surface area contributed by atoms with E-state index >= 15 is 0 Å². The zero-order valence-electron chi connectivity index (χ0n) is 11.3. The molecule has 0 unspecified atom stereocenters. The van der Waals surface area contributed by atoms with Crippen LogP contribution in [0.2, 0.25) is 19.6 Å². The highest BCUT2D eigenvalue weighted by Gasteiger charge is 2.21. The molecule has 0 N–H and O–H groups in total. The molecule has 0 saturated heterocycles. The summed E-state index contributed by atoms with van der Waals surface area (Å²) in [4.78, 5) is 4.32. The zero-order chi connectivity index (χ0) is 12.6. The summed E-state index contributed by atoms with van der Waals surface area (Å²) in [6.07, 6.45) is 4.00. The van der Waals surface area contributed by atoms with Crippen LogP contribution in [0.25, 0.3) is 5.69 Å². The highest BCUT2D eigenvalue weighted by Crippen LogP contribution is 2.14. The first-order chi connectivity index (χ1) is 7.88. The lowest BCUT2D eigenvalue weighted by Crippen LogP contribution is -2.40. The molecule has 0 aliphatic carbocycles. The van der Waals surface area contributed by atoms with Gasteiger partial charge in [0.25, 0.3) is 0 Å². The molecule has 0 radical (unpaired) electrons. The van der Waals surface area contributed by atoms with Crippen LogP contribution < -0.4 is 5.19 Å². The molecule has 17 heavy (non-hydrogen) atoms. The highest BCUT2D eigenvalue weighted by atomic mass is 28.3. The average Bonchev–Trinajstić information content (AvgIpc) is 2.63. The average molecular weight is 244 g/mol. The van der Waals surface area contributed by atoms with Gasteiger partial charge in [-0.15, -0.1) is 0 Å². The fourth-order valence-electron chi connectivity index (χ4n) is 2.03. The van der Waals surface area contributed by atoms with E-state index in [0.29, 0.717) is 0 Å². The summed E-state index contributed by atoms with van der Waals surface area (Å²) in [5.74, 6) is 0. The molecular weight excluding hydrogens is 224 g/mol. The molecule has 0 bridgehead atoms. The minimum absolute atomic E-state index is 1.06. The first-order valence-corrected chi connectivity index (χ1v) is 9.50. The van der Waals surface area contributed by atoms with Crippen molar-refractivity contribution >= 4 is 13.3 Å². The number of nitrogens with zero attached hydrogens (tertiary/aromatic N) is 2. The van der Waals surface area contributed by atoms with Crippen molar-refractivity contribution in [3.8, 4) is 5.69 Å². The quantitative estimate of drug-likeness (QED) is 0.743. The Morgan fingerprint density at radius 2 is 1.82 bits per heavy atom. The minimum atomic E-state index is -1.33. The van der Waals surface area contributed by atoms with E-state index < -0.39 is 8.07 Å². The fourth-order valence-corrected chi connectivity index (χ4v) is 3.67. The molecule has 0 aliphatic heterocycles. The van der Waals surface area contributed by atoms with Gasteiger partial charge in [-0.25, -0.2) is 4.98 Å². The largest absolute Gasteiger partial charge is 0.306 e. The summed E-state index contributed by atoms with van der Waals surface area (Å²) in [6.45, 7) is 11.3. The molecule has 1 heterocycles. The molecule has 0 atom stereocenters. The topological polar surface area (TPSA) is 17.8 Å². The third-order valence-corrected chi connectivity index (χ3v) is 4.97. The number of hydrogen-bond donors (Lipinski definition) is 0. The Bertz CT molecular complexity index is 535. The molecule has 2 aromatic rings. The van der Waals surface area contributed by atoms with E-state index in [1.165, 1.54) is 16.4 Å². The third kappa shape index (κ3) is 2.49. The van der Waals surface area contributed by atoms with Gasteiger partial charge in [-0.05, 0) is 25.1 Å². The lowest BCUT2D eigenvalue weighted by atomic mass is 10.2. The summed E-state index contributed by atoms with van der Waals surface area (Å²) in [5.41, 5.74) is 3.69. The van der Waals surface area contributed by atoms with Gasteiger partial charge in [0.05, 0.1) is 20.1 Å². The van der Waals surface area contributed by atoms with E-state index in [2.05, 4.69) is 60.5 Å². The summed E-state index contributed by atoms with van der Waals surface area (Å²) < 4.78 is 2.14. The van der Waals surface area contributed by atoms with Gasteiger partial charge in [0.15, 0.2) is 0 Å². The van der Waals surface area contributed by atoms with Crippen molar-refractivity contribution in [1.29, 1.82) is 0 Å². The zero-order valence-corrected chi connectivity index (χ0v) is 12.3. The van der Waals surface area contributed by atoms with Gasteiger partial charge in [0.2, 0.25) is 0 Å². The molecule has 0 spiro atoms. The molecule has 2 rings (SSSR count). The van der Waals surface area contributed by atoms with Gasteiger partial charge in [-0.2, -0.15) is 0 Å². The Morgan fingerprint density at radius 3 is 2.35 bits per heavy atom. The number of benzene rings is 1. The molecule has 2 nitrogen and oxygen atoms in total. The molecular formula is C14H20N2Si. The maximum Gasteiger partial charge on any atom is 0.0994 e. The molecule has 1 aromatic carbocycles. The monoisotopic (exact) mass is 244 g/mol. The van der Waals surface area contributed by atoms with Crippen LogP contribution in [0.1, 0.15) is 11.3 Å². The molecule has 90 valence electrons. The van der Waals surface area contributed by atoms with Gasteiger partial charge < -0.3 is 4.57 Å². The van der Waals surface area contributed by atoms with E-state index in [0.717, 1.165) is 5.69 Å². The van der Waals surface area contributed by atoms with Crippen molar-refractivity contribution in [2.45, 2.75) is 33.5 Å². The van der Waals surface area contributed by atoms with E-state index in [1.54, 1.807) is 0 Å². The smallest absolute Gasteiger partial charge is 0.0994 e.